The van der Waals surface area contributed by atoms with Crippen molar-refractivity contribution in [1.29, 1.82) is 0 Å². The van der Waals surface area contributed by atoms with E-state index in [0.717, 1.165) is 12.8 Å². The van der Waals surface area contributed by atoms with Gasteiger partial charge in [-0.05, 0) is 37.5 Å². The van der Waals surface area contributed by atoms with Crippen molar-refractivity contribution < 1.29 is 19.0 Å². The topological polar surface area (TPSA) is 49.8 Å². The molecule has 0 radical (unpaired) electrons. The monoisotopic (exact) mass is 305 g/mol. The van der Waals surface area contributed by atoms with Gasteiger partial charge in [-0.25, -0.2) is 9.18 Å². The fourth-order valence-electron chi connectivity index (χ4n) is 2.72. The Bertz CT molecular complexity index is 607. The quantitative estimate of drug-likeness (QED) is 0.811. The molecule has 0 spiro atoms. The van der Waals surface area contributed by atoms with E-state index in [0.29, 0.717) is 18.4 Å². The van der Waals surface area contributed by atoms with Crippen molar-refractivity contribution in [3.05, 3.63) is 35.6 Å². The van der Waals surface area contributed by atoms with Gasteiger partial charge >= 0.3 is 6.09 Å². The molecule has 1 aromatic carbocycles. The van der Waals surface area contributed by atoms with Crippen LogP contribution in [0.4, 0.5) is 9.18 Å². The van der Waals surface area contributed by atoms with Gasteiger partial charge in [0.15, 0.2) is 0 Å². The van der Waals surface area contributed by atoms with Gasteiger partial charge < -0.3 is 14.7 Å². The molecule has 1 fully saturated rings. The summed E-state index contributed by atoms with van der Waals surface area (Å²) < 4.78 is 17.8. The van der Waals surface area contributed by atoms with Gasteiger partial charge in [0.1, 0.15) is 11.4 Å². The first-order chi connectivity index (χ1) is 10.4. The summed E-state index contributed by atoms with van der Waals surface area (Å²) in [7, 11) is 2.99. The number of halogens is 1. The number of aliphatic hydroxyl groups is 1. The number of rotatable bonds is 1. The maximum absolute atomic E-state index is 13.1. The fraction of sp³-hybridized carbons (Fsp3) is 0.471. The number of carbonyl (C=O) groups is 1. The number of methoxy groups -OCH3 is 1. The number of hydrogen-bond acceptors (Lipinski definition) is 3. The van der Waals surface area contributed by atoms with Crippen LogP contribution in [0.1, 0.15) is 31.2 Å². The molecule has 1 aliphatic carbocycles. The minimum absolute atomic E-state index is 0.118. The van der Waals surface area contributed by atoms with Crippen LogP contribution in [0, 0.1) is 17.7 Å². The summed E-state index contributed by atoms with van der Waals surface area (Å²) in [6, 6.07) is 5.84. The number of amides is 1. The zero-order valence-corrected chi connectivity index (χ0v) is 12.8. The Morgan fingerprint density at radius 3 is 3.00 bits per heavy atom. The largest absolute Gasteiger partial charge is 0.453 e. The van der Waals surface area contributed by atoms with E-state index in [4.69, 9.17) is 4.74 Å². The maximum atomic E-state index is 13.1. The van der Waals surface area contributed by atoms with Crippen LogP contribution >= 0.6 is 0 Å². The Balaban J connectivity index is 2.11. The molecule has 2 atom stereocenters. The first-order valence-electron chi connectivity index (χ1n) is 7.25. The molecule has 0 aromatic heterocycles. The lowest BCUT2D eigenvalue weighted by Gasteiger charge is -2.37. The summed E-state index contributed by atoms with van der Waals surface area (Å²) in [5, 5.41) is 10.6. The third-order valence-electron chi connectivity index (χ3n) is 3.98. The molecule has 0 bridgehead atoms. The van der Waals surface area contributed by atoms with Crippen molar-refractivity contribution in [2.24, 2.45) is 0 Å². The van der Waals surface area contributed by atoms with Crippen molar-refractivity contribution in [3.63, 3.8) is 0 Å². The lowest BCUT2D eigenvalue weighted by atomic mass is 9.81. The maximum Gasteiger partial charge on any atom is 0.409 e. The van der Waals surface area contributed by atoms with E-state index >= 15 is 0 Å². The van der Waals surface area contributed by atoms with Crippen molar-refractivity contribution in [1.82, 2.24) is 4.90 Å². The Morgan fingerprint density at radius 1 is 1.55 bits per heavy atom. The summed E-state index contributed by atoms with van der Waals surface area (Å²) in [5.74, 6) is 5.31. The second-order valence-corrected chi connectivity index (χ2v) is 5.62. The lowest BCUT2D eigenvalue weighted by Crippen LogP contribution is -2.46. The van der Waals surface area contributed by atoms with Crippen molar-refractivity contribution >= 4 is 6.09 Å². The van der Waals surface area contributed by atoms with Crippen LogP contribution in [0.25, 0.3) is 0 Å². The summed E-state index contributed by atoms with van der Waals surface area (Å²) >= 11 is 0. The highest BCUT2D eigenvalue weighted by molar-refractivity contribution is 5.67. The number of nitrogens with zero attached hydrogens (tertiary/aromatic N) is 1. The van der Waals surface area contributed by atoms with Crippen LogP contribution in [0.3, 0.4) is 0 Å². The third kappa shape index (κ3) is 3.99. The molecule has 2 rings (SSSR count). The van der Waals surface area contributed by atoms with Gasteiger partial charge in [0, 0.05) is 25.1 Å². The second kappa shape index (κ2) is 6.80. The molecule has 118 valence electrons. The van der Waals surface area contributed by atoms with Crippen LogP contribution < -0.4 is 0 Å². The Labute approximate surface area is 129 Å². The molecule has 1 saturated carbocycles. The average molecular weight is 305 g/mol. The zero-order chi connectivity index (χ0) is 16.2. The SMILES string of the molecule is COC(=O)N(C)C1CCCC(O)(C#Cc2cccc(F)c2)C1. The number of carbonyl (C=O) groups excluding carboxylic acids is 1. The van der Waals surface area contributed by atoms with Gasteiger partial charge in [0.05, 0.1) is 7.11 Å². The molecule has 4 nitrogen and oxygen atoms in total. The average Bonchev–Trinajstić information content (AvgIpc) is 2.52. The highest BCUT2D eigenvalue weighted by atomic mass is 19.1. The molecule has 0 heterocycles. The summed E-state index contributed by atoms with van der Waals surface area (Å²) in [6.07, 6.45) is 2.05. The first kappa shape index (κ1) is 16.3. The molecule has 1 aliphatic rings. The fourth-order valence-corrected chi connectivity index (χ4v) is 2.72. The highest BCUT2D eigenvalue weighted by Crippen LogP contribution is 2.30. The number of ether oxygens (including phenoxy) is 1. The zero-order valence-electron chi connectivity index (χ0n) is 12.8. The Morgan fingerprint density at radius 2 is 2.32 bits per heavy atom. The van der Waals surface area contributed by atoms with E-state index in [-0.39, 0.29) is 11.9 Å². The van der Waals surface area contributed by atoms with Crippen LogP contribution in [0.2, 0.25) is 0 Å². The molecule has 1 amide bonds. The minimum Gasteiger partial charge on any atom is -0.453 e. The van der Waals surface area contributed by atoms with E-state index in [1.54, 1.807) is 19.2 Å². The summed E-state index contributed by atoms with van der Waals surface area (Å²) in [5.41, 5.74) is -0.644. The molecular weight excluding hydrogens is 285 g/mol. The number of benzene rings is 1. The minimum atomic E-state index is -1.17. The van der Waals surface area contributed by atoms with Crippen molar-refractivity contribution in [2.75, 3.05) is 14.2 Å². The van der Waals surface area contributed by atoms with Crippen LogP contribution in [0.15, 0.2) is 24.3 Å². The van der Waals surface area contributed by atoms with Crippen molar-refractivity contribution in [3.8, 4) is 11.8 Å². The van der Waals surface area contributed by atoms with E-state index in [2.05, 4.69) is 11.8 Å². The van der Waals surface area contributed by atoms with Gasteiger partial charge in [0.2, 0.25) is 0 Å². The van der Waals surface area contributed by atoms with Crippen LogP contribution in [-0.4, -0.2) is 41.9 Å². The Hall–Kier alpha value is -2.06. The molecule has 1 N–H and O–H groups in total. The van der Waals surface area contributed by atoms with Gasteiger partial charge in [-0.15, -0.1) is 0 Å². The number of hydrogen-bond donors (Lipinski definition) is 1. The molecule has 0 aliphatic heterocycles. The predicted molar refractivity (Wildman–Crippen MR) is 80.7 cm³/mol. The summed E-state index contributed by atoms with van der Waals surface area (Å²) in [6.45, 7) is 0. The second-order valence-electron chi connectivity index (χ2n) is 5.62. The van der Waals surface area contributed by atoms with Gasteiger partial charge in [-0.1, -0.05) is 17.9 Å². The third-order valence-corrected chi connectivity index (χ3v) is 3.98. The first-order valence-corrected chi connectivity index (χ1v) is 7.25. The smallest absolute Gasteiger partial charge is 0.409 e. The summed E-state index contributed by atoms with van der Waals surface area (Å²) in [4.78, 5) is 13.1. The lowest BCUT2D eigenvalue weighted by molar-refractivity contribution is 0.0199. The predicted octanol–water partition coefficient (Wildman–Crippen LogP) is 2.55. The van der Waals surface area contributed by atoms with Crippen LogP contribution in [-0.2, 0) is 4.74 Å². The Kier molecular flexibility index (Phi) is 5.04. The molecule has 1 aromatic rings. The molecule has 5 heteroatoms. The molecular formula is C17H20FNO3. The van der Waals surface area contributed by atoms with E-state index < -0.39 is 11.7 Å². The van der Waals surface area contributed by atoms with Gasteiger partial charge in [0.25, 0.3) is 0 Å². The standard InChI is InChI=1S/C17H20FNO3/c1-19(16(20)22-2)15-7-4-9-17(21,12-15)10-8-13-5-3-6-14(18)11-13/h3,5-6,11,15,21H,4,7,9,12H2,1-2H3. The highest BCUT2D eigenvalue weighted by Gasteiger charge is 2.36. The van der Waals surface area contributed by atoms with E-state index in [9.17, 15) is 14.3 Å². The van der Waals surface area contributed by atoms with Gasteiger partial charge in [-0.2, -0.15) is 0 Å². The van der Waals surface area contributed by atoms with E-state index in [1.165, 1.54) is 24.1 Å². The molecule has 22 heavy (non-hydrogen) atoms. The van der Waals surface area contributed by atoms with Crippen LogP contribution in [0.5, 0.6) is 0 Å². The van der Waals surface area contributed by atoms with E-state index in [1.807, 2.05) is 0 Å². The normalized spacial score (nSPS) is 24.1. The van der Waals surface area contributed by atoms with Crippen molar-refractivity contribution in [2.45, 2.75) is 37.3 Å². The molecule has 0 saturated heterocycles. The van der Waals surface area contributed by atoms with Gasteiger partial charge in [-0.3, -0.25) is 0 Å². The molecule has 2 unspecified atom stereocenters.